The molecule has 146 valence electrons. The number of hydrogen-bond donors (Lipinski definition) is 1. The van der Waals surface area contributed by atoms with Crippen LogP contribution in [0.4, 0.5) is 0 Å². The fourth-order valence-corrected chi connectivity index (χ4v) is 2.88. The Morgan fingerprint density at radius 3 is 2.75 bits per heavy atom. The van der Waals surface area contributed by atoms with Gasteiger partial charge < -0.3 is 9.47 Å². The largest absolute Gasteiger partial charge is 0.493 e. The van der Waals surface area contributed by atoms with Crippen molar-refractivity contribution in [3.63, 3.8) is 0 Å². The lowest BCUT2D eigenvalue weighted by Crippen LogP contribution is -2.00. The van der Waals surface area contributed by atoms with Gasteiger partial charge in [-0.1, -0.05) is 43.7 Å². The van der Waals surface area contributed by atoms with Gasteiger partial charge in [0.1, 0.15) is 6.61 Å². The molecule has 6 nitrogen and oxygen atoms in total. The number of rotatable bonds is 9. The third kappa shape index (κ3) is 5.07. The lowest BCUT2D eigenvalue weighted by Gasteiger charge is -2.11. The van der Waals surface area contributed by atoms with Crippen molar-refractivity contribution < 1.29 is 9.47 Å². The molecule has 1 aromatic heterocycles. The van der Waals surface area contributed by atoms with Crippen LogP contribution in [0.15, 0.2) is 53.6 Å². The van der Waals surface area contributed by atoms with Crippen LogP contribution in [0.1, 0.15) is 36.7 Å². The van der Waals surface area contributed by atoms with Crippen LogP contribution >= 0.6 is 12.2 Å². The first-order chi connectivity index (χ1) is 13.7. The number of hydrogen-bond acceptors (Lipinski definition) is 5. The summed E-state index contributed by atoms with van der Waals surface area (Å²) < 4.78 is 13.5. The number of aryl methyl sites for hydroxylation is 1. The summed E-state index contributed by atoms with van der Waals surface area (Å²) in [4.78, 5) is 0. The fourth-order valence-electron chi connectivity index (χ4n) is 2.69. The van der Waals surface area contributed by atoms with Gasteiger partial charge in [0.05, 0.1) is 13.3 Å². The number of nitrogens with zero attached hydrogens (tertiary/aromatic N) is 3. The summed E-state index contributed by atoms with van der Waals surface area (Å²) in [5.74, 6) is 2.17. The third-order valence-electron chi connectivity index (χ3n) is 4.22. The molecule has 3 aromatic rings. The average Bonchev–Trinajstić information content (AvgIpc) is 3.09. The van der Waals surface area contributed by atoms with Gasteiger partial charge in [0.15, 0.2) is 17.3 Å². The van der Waals surface area contributed by atoms with Gasteiger partial charge in [-0.2, -0.15) is 14.9 Å². The van der Waals surface area contributed by atoms with Crippen molar-refractivity contribution in [1.82, 2.24) is 14.9 Å². The Hall–Kier alpha value is -2.93. The normalized spacial score (nSPS) is 11.1. The molecular formula is C21H24N4O2S. The maximum absolute atomic E-state index is 5.96. The highest BCUT2D eigenvalue weighted by molar-refractivity contribution is 7.71. The first kappa shape index (κ1) is 19.8. The van der Waals surface area contributed by atoms with Gasteiger partial charge in [0, 0.05) is 6.42 Å². The summed E-state index contributed by atoms with van der Waals surface area (Å²) in [5.41, 5.74) is 1.97. The lowest BCUT2D eigenvalue weighted by molar-refractivity contribution is 0.284. The van der Waals surface area contributed by atoms with Crippen molar-refractivity contribution in [1.29, 1.82) is 0 Å². The smallest absolute Gasteiger partial charge is 0.216 e. The fraction of sp³-hybridized carbons (Fsp3) is 0.286. The summed E-state index contributed by atoms with van der Waals surface area (Å²) in [6, 6.07) is 15.7. The standard InChI is InChI=1S/C21H24N4O2S/c1-3-4-10-20-23-24-21(28)25(20)22-14-17-11-12-18(26-2)19(13-17)27-15-16-8-6-5-7-9-16/h5-9,11-14H,3-4,10,15H2,1-2H3,(H,24,28)/b22-14+. The Morgan fingerprint density at radius 1 is 1.18 bits per heavy atom. The van der Waals surface area contributed by atoms with Crippen molar-refractivity contribution in [3.8, 4) is 11.5 Å². The third-order valence-corrected chi connectivity index (χ3v) is 4.48. The van der Waals surface area contributed by atoms with E-state index in [-0.39, 0.29) is 0 Å². The van der Waals surface area contributed by atoms with Crippen molar-refractivity contribution in [2.24, 2.45) is 5.10 Å². The number of aromatic amines is 1. The van der Waals surface area contributed by atoms with Gasteiger partial charge in [-0.05, 0) is 48.0 Å². The molecular weight excluding hydrogens is 372 g/mol. The monoisotopic (exact) mass is 396 g/mol. The number of methoxy groups -OCH3 is 1. The van der Waals surface area contributed by atoms with E-state index in [0.717, 1.165) is 36.2 Å². The summed E-state index contributed by atoms with van der Waals surface area (Å²) in [5, 5.41) is 11.6. The molecule has 28 heavy (non-hydrogen) atoms. The number of unbranched alkanes of at least 4 members (excludes halogenated alkanes) is 1. The number of benzene rings is 2. The molecule has 0 amide bonds. The lowest BCUT2D eigenvalue weighted by atomic mass is 10.2. The Kier molecular flexibility index (Phi) is 6.97. The highest BCUT2D eigenvalue weighted by Crippen LogP contribution is 2.28. The van der Waals surface area contributed by atoms with Crippen molar-refractivity contribution >= 4 is 18.4 Å². The summed E-state index contributed by atoms with van der Waals surface area (Å²) in [7, 11) is 1.63. The van der Waals surface area contributed by atoms with E-state index in [1.54, 1.807) is 18.0 Å². The molecule has 0 unspecified atom stereocenters. The maximum Gasteiger partial charge on any atom is 0.216 e. The van der Waals surface area contributed by atoms with E-state index in [2.05, 4.69) is 22.2 Å². The zero-order valence-electron chi connectivity index (χ0n) is 16.1. The highest BCUT2D eigenvalue weighted by atomic mass is 32.1. The van der Waals surface area contributed by atoms with Gasteiger partial charge in [-0.3, -0.25) is 5.10 Å². The second-order valence-electron chi connectivity index (χ2n) is 6.29. The van der Waals surface area contributed by atoms with E-state index < -0.39 is 0 Å². The SMILES string of the molecule is CCCCc1n[nH]c(=S)n1/N=C/c1ccc(OC)c(OCc2ccccc2)c1. The van der Waals surface area contributed by atoms with E-state index in [4.69, 9.17) is 21.7 Å². The molecule has 0 spiro atoms. The number of nitrogens with one attached hydrogen (secondary N) is 1. The Labute approximate surface area is 169 Å². The molecule has 0 atom stereocenters. The van der Waals surface area contributed by atoms with E-state index >= 15 is 0 Å². The molecule has 7 heteroatoms. The van der Waals surface area contributed by atoms with Gasteiger partial charge >= 0.3 is 0 Å². The van der Waals surface area contributed by atoms with Crippen LogP contribution in [0.25, 0.3) is 0 Å². The molecule has 0 radical (unpaired) electrons. The van der Waals surface area contributed by atoms with Crippen molar-refractivity contribution in [2.75, 3.05) is 7.11 Å². The molecule has 0 bridgehead atoms. The molecule has 0 fully saturated rings. The van der Waals surface area contributed by atoms with Crippen LogP contribution in [-0.4, -0.2) is 28.2 Å². The van der Waals surface area contributed by atoms with Gasteiger partial charge in [0.2, 0.25) is 4.77 Å². The molecule has 1 heterocycles. The van der Waals surface area contributed by atoms with Crippen LogP contribution in [-0.2, 0) is 13.0 Å². The van der Waals surface area contributed by atoms with Crippen LogP contribution in [0.5, 0.6) is 11.5 Å². The summed E-state index contributed by atoms with van der Waals surface area (Å²) >= 11 is 5.29. The molecule has 2 aromatic carbocycles. The Bertz CT molecular complexity index is 980. The predicted molar refractivity (Wildman–Crippen MR) is 113 cm³/mol. The second kappa shape index (κ2) is 9.85. The average molecular weight is 397 g/mol. The van der Waals surface area contributed by atoms with Crippen molar-refractivity contribution in [2.45, 2.75) is 32.8 Å². The maximum atomic E-state index is 5.96. The van der Waals surface area contributed by atoms with E-state index in [1.165, 1.54) is 0 Å². The van der Waals surface area contributed by atoms with Gasteiger partial charge in [-0.15, -0.1) is 0 Å². The van der Waals surface area contributed by atoms with Crippen molar-refractivity contribution in [3.05, 3.63) is 70.3 Å². The minimum Gasteiger partial charge on any atom is -0.493 e. The zero-order chi connectivity index (χ0) is 19.8. The van der Waals surface area contributed by atoms with Crippen LogP contribution in [0.2, 0.25) is 0 Å². The Balaban J connectivity index is 1.78. The predicted octanol–water partition coefficient (Wildman–Crippen LogP) is 4.75. The Morgan fingerprint density at radius 2 is 2.00 bits per heavy atom. The van der Waals surface area contributed by atoms with E-state index in [1.807, 2.05) is 48.5 Å². The van der Waals surface area contributed by atoms with Crippen LogP contribution < -0.4 is 9.47 Å². The summed E-state index contributed by atoms with van der Waals surface area (Å²) in [6.07, 6.45) is 4.70. The second-order valence-corrected chi connectivity index (χ2v) is 6.68. The number of aromatic nitrogens is 3. The first-order valence-electron chi connectivity index (χ1n) is 9.26. The van der Waals surface area contributed by atoms with Gasteiger partial charge in [-0.25, -0.2) is 0 Å². The highest BCUT2D eigenvalue weighted by Gasteiger charge is 2.07. The van der Waals surface area contributed by atoms with E-state index in [0.29, 0.717) is 22.9 Å². The molecule has 0 saturated carbocycles. The minimum atomic E-state index is 0.464. The molecule has 0 aliphatic rings. The quantitative estimate of drug-likeness (QED) is 0.419. The number of H-pyrrole nitrogens is 1. The zero-order valence-corrected chi connectivity index (χ0v) is 16.9. The molecule has 0 aliphatic carbocycles. The first-order valence-corrected chi connectivity index (χ1v) is 9.67. The van der Waals surface area contributed by atoms with Crippen LogP contribution in [0.3, 0.4) is 0 Å². The molecule has 0 saturated heterocycles. The topological polar surface area (TPSA) is 64.4 Å². The molecule has 1 N–H and O–H groups in total. The van der Waals surface area contributed by atoms with Gasteiger partial charge in [0.25, 0.3) is 0 Å². The molecule has 3 rings (SSSR count). The van der Waals surface area contributed by atoms with Crippen LogP contribution in [0, 0.1) is 4.77 Å². The summed E-state index contributed by atoms with van der Waals surface area (Å²) in [6.45, 7) is 2.61. The minimum absolute atomic E-state index is 0.464. The number of ether oxygens (including phenoxy) is 2. The molecule has 0 aliphatic heterocycles. The van der Waals surface area contributed by atoms with E-state index in [9.17, 15) is 0 Å².